The summed E-state index contributed by atoms with van der Waals surface area (Å²) in [5, 5.41) is 3.34. The van der Waals surface area contributed by atoms with E-state index in [4.69, 9.17) is 9.47 Å². The summed E-state index contributed by atoms with van der Waals surface area (Å²) in [6.45, 7) is 3.75. The van der Waals surface area contributed by atoms with Gasteiger partial charge in [0.2, 0.25) is 0 Å². The summed E-state index contributed by atoms with van der Waals surface area (Å²) < 4.78 is 10.9. The average Bonchev–Trinajstić information content (AvgIpc) is 2.82. The van der Waals surface area contributed by atoms with Crippen LogP contribution in [0.3, 0.4) is 0 Å². The van der Waals surface area contributed by atoms with E-state index in [-0.39, 0.29) is 0 Å². The molecule has 1 N–H and O–H groups in total. The van der Waals surface area contributed by atoms with E-state index in [1.807, 2.05) is 18.2 Å². The van der Waals surface area contributed by atoms with Crippen LogP contribution in [0.1, 0.15) is 12.0 Å². The average molecular weight is 221 g/mol. The first kappa shape index (κ1) is 11.4. The lowest BCUT2D eigenvalue weighted by molar-refractivity contribution is 0.0923. The molecule has 1 aliphatic heterocycles. The molecular formula is C13H19NO2. The lowest BCUT2D eigenvalue weighted by atomic mass is 10.1. The van der Waals surface area contributed by atoms with Crippen molar-refractivity contribution in [1.29, 1.82) is 0 Å². The van der Waals surface area contributed by atoms with Gasteiger partial charge in [-0.25, -0.2) is 0 Å². The number of methoxy groups -OCH3 is 1. The third kappa shape index (κ3) is 3.22. The van der Waals surface area contributed by atoms with Crippen molar-refractivity contribution >= 4 is 0 Å². The highest BCUT2D eigenvalue weighted by Crippen LogP contribution is 2.14. The first-order chi connectivity index (χ1) is 7.88. The van der Waals surface area contributed by atoms with Gasteiger partial charge < -0.3 is 14.8 Å². The Balaban J connectivity index is 1.75. The molecule has 1 saturated heterocycles. The zero-order valence-electron chi connectivity index (χ0n) is 9.74. The third-order valence-corrected chi connectivity index (χ3v) is 2.92. The van der Waals surface area contributed by atoms with Crippen molar-refractivity contribution in [3.63, 3.8) is 0 Å². The molecule has 3 nitrogen and oxygen atoms in total. The molecule has 1 aromatic rings. The lowest BCUT2D eigenvalue weighted by Gasteiger charge is -2.09. The molecule has 0 amide bonds. The molecule has 1 heterocycles. The Hall–Kier alpha value is -1.06. The Labute approximate surface area is 96.8 Å². The Kier molecular flexibility index (Phi) is 4.19. The van der Waals surface area contributed by atoms with Gasteiger partial charge in [0.1, 0.15) is 5.75 Å². The van der Waals surface area contributed by atoms with E-state index in [1.165, 1.54) is 12.0 Å². The van der Waals surface area contributed by atoms with Crippen molar-refractivity contribution < 1.29 is 9.47 Å². The summed E-state index contributed by atoms with van der Waals surface area (Å²) in [5.74, 6) is 1.58. The van der Waals surface area contributed by atoms with Gasteiger partial charge in [-0.05, 0) is 36.6 Å². The predicted molar refractivity (Wildman–Crippen MR) is 63.6 cm³/mol. The van der Waals surface area contributed by atoms with Crippen LogP contribution < -0.4 is 10.1 Å². The van der Waals surface area contributed by atoms with E-state index >= 15 is 0 Å². The summed E-state index contributed by atoms with van der Waals surface area (Å²) in [6, 6.07) is 8.03. The smallest absolute Gasteiger partial charge is 0.119 e. The largest absolute Gasteiger partial charge is 0.497 e. The van der Waals surface area contributed by atoms with Gasteiger partial charge in [-0.2, -0.15) is 0 Å². The van der Waals surface area contributed by atoms with Gasteiger partial charge in [0, 0.05) is 6.54 Å². The van der Waals surface area contributed by atoms with Crippen LogP contribution in [0.2, 0.25) is 0 Å². The normalized spacial score (nSPS) is 19.9. The van der Waals surface area contributed by atoms with Gasteiger partial charge in [-0.3, -0.25) is 0 Å². The fourth-order valence-electron chi connectivity index (χ4n) is 1.96. The van der Waals surface area contributed by atoms with Crippen molar-refractivity contribution in [3.8, 4) is 5.75 Å². The van der Waals surface area contributed by atoms with Gasteiger partial charge in [-0.15, -0.1) is 0 Å². The van der Waals surface area contributed by atoms with Crippen LogP contribution in [0.15, 0.2) is 24.3 Å². The molecule has 2 rings (SSSR count). The minimum absolute atomic E-state index is 0.674. The molecule has 0 radical (unpaired) electrons. The summed E-state index contributed by atoms with van der Waals surface area (Å²) in [7, 11) is 1.68. The highest BCUT2D eigenvalue weighted by molar-refractivity contribution is 5.27. The van der Waals surface area contributed by atoms with Crippen molar-refractivity contribution in [3.05, 3.63) is 29.8 Å². The van der Waals surface area contributed by atoms with Crippen LogP contribution in [-0.4, -0.2) is 26.8 Å². The summed E-state index contributed by atoms with van der Waals surface area (Å²) in [5.41, 5.74) is 1.17. The minimum atomic E-state index is 0.674. The molecule has 16 heavy (non-hydrogen) atoms. The molecule has 1 atom stereocenters. The van der Waals surface area contributed by atoms with Crippen molar-refractivity contribution in [1.82, 2.24) is 5.32 Å². The maximum atomic E-state index is 5.71. The molecule has 0 saturated carbocycles. The second-order valence-corrected chi connectivity index (χ2v) is 4.23. The van der Waals surface area contributed by atoms with Crippen LogP contribution in [0.25, 0.3) is 0 Å². The molecular weight excluding hydrogens is 202 g/mol. The number of hydrogen-bond acceptors (Lipinski definition) is 3. The molecule has 1 fully saturated rings. The monoisotopic (exact) mass is 221 g/mol. The first-order valence-corrected chi connectivity index (χ1v) is 5.80. The molecule has 88 valence electrons. The Bertz CT molecular complexity index is 321. The SMILES string of the molecule is COc1cccc(COC[C@@H]2CCNC2)c1. The zero-order chi connectivity index (χ0) is 11.2. The minimum Gasteiger partial charge on any atom is -0.497 e. The third-order valence-electron chi connectivity index (χ3n) is 2.92. The van der Waals surface area contributed by atoms with E-state index < -0.39 is 0 Å². The van der Waals surface area contributed by atoms with E-state index in [2.05, 4.69) is 11.4 Å². The van der Waals surface area contributed by atoms with Gasteiger partial charge in [0.25, 0.3) is 0 Å². The standard InChI is InChI=1S/C13H19NO2/c1-15-13-4-2-3-11(7-13)9-16-10-12-5-6-14-8-12/h2-4,7,12,14H,5-6,8-10H2,1H3/t12-/m1/s1. The second kappa shape index (κ2) is 5.87. The second-order valence-electron chi connectivity index (χ2n) is 4.23. The maximum absolute atomic E-state index is 5.71. The maximum Gasteiger partial charge on any atom is 0.119 e. The Morgan fingerprint density at radius 3 is 3.12 bits per heavy atom. The van der Waals surface area contributed by atoms with Gasteiger partial charge in [0.15, 0.2) is 0 Å². The van der Waals surface area contributed by atoms with Crippen LogP contribution in [0.5, 0.6) is 5.75 Å². The Morgan fingerprint density at radius 1 is 1.44 bits per heavy atom. The first-order valence-electron chi connectivity index (χ1n) is 5.80. The quantitative estimate of drug-likeness (QED) is 0.822. The fourth-order valence-corrected chi connectivity index (χ4v) is 1.96. The number of nitrogens with one attached hydrogen (secondary N) is 1. The number of hydrogen-bond donors (Lipinski definition) is 1. The summed E-state index contributed by atoms with van der Waals surface area (Å²) in [6.07, 6.45) is 1.23. The van der Waals surface area contributed by atoms with Gasteiger partial charge >= 0.3 is 0 Å². The molecule has 1 aliphatic rings. The molecule has 1 aromatic carbocycles. The summed E-state index contributed by atoms with van der Waals surface area (Å²) >= 11 is 0. The molecule has 0 unspecified atom stereocenters. The fraction of sp³-hybridized carbons (Fsp3) is 0.538. The highest BCUT2D eigenvalue weighted by Gasteiger charge is 2.13. The van der Waals surface area contributed by atoms with Crippen LogP contribution in [0.4, 0.5) is 0 Å². The predicted octanol–water partition coefficient (Wildman–Crippen LogP) is 1.82. The molecule has 3 heteroatoms. The number of ether oxygens (including phenoxy) is 2. The van der Waals surface area contributed by atoms with Crippen molar-refractivity contribution in [2.75, 3.05) is 26.8 Å². The van der Waals surface area contributed by atoms with Crippen LogP contribution in [-0.2, 0) is 11.3 Å². The Morgan fingerprint density at radius 2 is 2.38 bits per heavy atom. The van der Waals surface area contributed by atoms with Crippen molar-refractivity contribution in [2.24, 2.45) is 5.92 Å². The summed E-state index contributed by atoms with van der Waals surface area (Å²) in [4.78, 5) is 0. The highest BCUT2D eigenvalue weighted by atomic mass is 16.5. The van der Waals surface area contributed by atoms with Crippen LogP contribution in [0, 0.1) is 5.92 Å². The molecule has 0 spiro atoms. The van der Waals surface area contributed by atoms with Gasteiger partial charge in [-0.1, -0.05) is 12.1 Å². The van der Waals surface area contributed by atoms with E-state index in [0.29, 0.717) is 12.5 Å². The molecule has 0 bridgehead atoms. The van der Waals surface area contributed by atoms with E-state index in [1.54, 1.807) is 7.11 Å². The van der Waals surface area contributed by atoms with Crippen molar-refractivity contribution in [2.45, 2.75) is 13.0 Å². The topological polar surface area (TPSA) is 30.5 Å². The van der Waals surface area contributed by atoms with E-state index in [0.717, 1.165) is 25.4 Å². The zero-order valence-corrected chi connectivity index (χ0v) is 9.74. The lowest BCUT2D eigenvalue weighted by Crippen LogP contribution is -2.13. The number of benzene rings is 1. The van der Waals surface area contributed by atoms with E-state index in [9.17, 15) is 0 Å². The number of rotatable bonds is 5. The van der Waals surface area contributed by atoms with Gasteiger partial charge in [0.05, 0.1) is 20.3 Å². The molecule has 0 aliphatic carbocycles. The molecule has 0 aromatic heterocycles. The van der Waals surface area contributed by atoms with Crippen LogP contribution >= 0.6 is 0 Å².